The van der Waals surface area contributed by atoms with Crippen LogP contribution in [0, 0.1) is 0 Å². The van der Waals surface area contributed by atoms with E-state index in [9.17, 15) is 5.11 Å². The Kier molecular flexibility index (Phi) is 5.19. The number of benzene rings is 1. The van der Waals surface area contributed by atoms with Crippen molar-refractivity contribution in [1.82, 2.24) is 5.32 Å². The third-order valence-corrected chi connectivity index (χ3v) is 3.48. The van der Waals surface area contributed by atoms with Crippen LogP contribution in [0.25, 0.3) is 0 Å². The molecule has 2 atom stereocenters. The van der Waals surface area contributed by atoms with Crippen LogP contribution >= 0.6 is 0 Å². The van der Waals surface area contributed by atoms with Gasteiger partial charge >= 0.3 is 0 Å². The van der Waals surface area contributed by atoms with Crippen molar-refractivity contribution in [3.8, 4) is 5.75 Å². The van der Waals surface area contributed by atoms with Crippen LogP contribution < -0.4 is 10.1 Å². The van der Waals surface area contributed by atoms with Crippen LogP contribution in [0.3, 0.4) is 0 Å². The van der Waals surface area contributed by atoms with E-state index in [0.29, 0.717) is 13.2 Å². The average Bonchev–Trinajstić information content (AvgIpc) is 2.87. The van der Waals surface area contributed by atoms with Crippen LogP contribution in [-0.4, -0.2) is 38.1 Å². The Morgan fingerprint density at radius 1 is 1.47 bits per heavy atom. The molecule has 1 aliphatic rings. The van der Waals surface area contributed by atoms with Gasteiger partial charge in [-0.05, 0) is 23.6 Å². The molecule has 0 aliphatic carbocycles. The van der Waals surface area contributed by atoms with Crippen molar-refractivity contribution in [1.29, 1.82) is 0 Å². The summed E-state index contributed by atoms with van der Waals surface area (Å²) >= 11 is 0. The van der Waals surface area contributed by atoms with Crippen LogP contribution in [0.5, 0.6) is 5.75 Å². The van der Waals surface area contributed by atoms with Crippen molar-refractivity contribution in [2.24, 2.45) is 0 Å². The van der Waals surface area contributed by atoms with Crippen LogP contribution in [0.15, 0.2) is 18.2 Å². The molecule has 1 aromatic carbocycles. The molecule has 2 unspecified atom stereocenters. The van der Waals surface area contributed by atoms with E-state index in [1.54, 1.807) is 7.11 Å². The van der Waals surface area contributed by atoms with Crippen molar-refractivity contribution >= 4 is 0 Å². The molecule has 2 N–H and O–H groups in total. The van der Waals surface area contributed by atoms with Gasteiger partial charge in [-0.3, -0.25) is 0 Å². The van der Waals surface area contributed by atoms with Crippen LogP contribution in [-0.2, 0) is 11.2 Å². The predicted molar refractivity (Wildman–Crippen MR) is 74.6 cm³/mol. The summed E-state index contributed by atoms with van der Waals surface area (Å²) in [7, 11) is 1.60. The van der Waals surface area contributed by atoms with Gasteiger partial charge in [-0.25, -0.2) is 0 Å². The van der Waals surface area contributed by atoms with E-state index >= 15 is 0 Å². The Labute approximate surface area is 114 Å². The normalized spacial score (nSPS) is 16.8. The van der Waals surface area contributed by atoms with Crippen LogP contribution in [0.4, 0.5) is 0 Å². The van der Waals surface area contributed by atoms with Crippen molar-refractivity contribution in [2.45, 2.75) is 31.9 Å². The maximum atomic E-state index is 9.69. The lowest BCUT2D eigenvalue weighted by Crippen LogP contribution is -2.32. The Bertz CT molecular complexity index is 408. The van der Waals surface area contributed by atoms with E-state index in [2.05, 4.69) is 24.4 Å². The molecule has 106 valence electrons. The number of fused-ring (bicyclic) bond motifs is 1. The van der Waals surface area contributed by atoms with Gasteiger partial charge in [-0.1, -0.05) is 19.1 Å². The highest BCUT2D eigenvalue weighted by Crippen LogP contribution is 2.29. The molecular formula is C15H23NO3. The van der Waals surface area contributed by atoms with Gasteiger partial charge in [0, 0.05) is 26.1 Å². The third-order valence-electron chi connectivity index (χ3n) is 3.48. The highest BCUT2D eigenvalue weighted by molar-refractivity contribution is 5.40. The smallest absolute Gasteiger partial charge is 0.122 e. The largest absolute Gasteiger partial charge is 0.493 e. The lowest BCUT2D eigenvalue weighted by Gasteiger charge is -2.20. The average molecular weight is 265 g/mol. The number of nitrogens with one attached hydrogen (secondary N) is 1. The molecule has 0 saturated carbocycles. The molecule has 0 aromatic heterocycles. The van der Waals surface area contributed by atoms with Gasteiger partial charge in [0.05, 0.1) is 19.3 Å². The monoisotopic (exact) mass is 265 g/mol. The summed E-state index contributed by atoms with van der Waals surface area (Å²) in [5.41, 5.74) is 2.55. The van der Waals surface area contributed by atoms with Crippen molar-refractivity contribution < 1.29 is 14.6 Å². The molecule has 0 spiro atoms. The highest BCUT2D eigenvalue weighted by Gasteiger charge is 2.16. The summed E-state index contributed by atoms with van der Waals surface area (Å²) in [5.74, 6) is 1.01. The maximum absolute atomic E-state index is 9.69. The molecule has 0 fully saturated rings. The standard InChI is InChI=1S/C15H23NO3/c1-3-14(16-9-13(17)10-18-2)11-4-5-15-12(8-11)6-7-19-15/h4-5,8,13-14,16-17H,3,6-7,9-10H2,1-2H3. The minimum absolute atomic E-state index is 0.261. The summed E-state index contributed by atoms with van der Waals surface area (Å²) < 4.78 is 10.4. The quantitative estimate of drug-likeness (QED) is 0.787. The summed E-state index contributed by atoms with van der Waals surface area (Å²) in [6, 6.07) is 6.63. The van der Waals surface area contributed by atoms with E-state index in [4.69, 9.17) is 9.47 Å². The molecule has 0 saturated heterocycles. The second kappa shape index (κ2) is 6.89. The number of hydrogen-bond donors (Lipinski definition) is 2. The molecule has 0 amide bonds. The summed E-state index contributed by atoms with van der Waals surface area (Å²) in [5, 5.41) is 13.1. The van der Waals surface area contributed by atoms with Gasteiger partial charge in [0.1, 0.15) is 5.75 Å². The number of ether oxygens (including phenoxy) is 2. The molecule has 2 rings (SSSR count). The zero-order valence-corrected chi connectivity index (χ0v) is 11.7. The van der Waals surface area contributed by atoms with E-state index in [1.165, 1.54) is 11.1 Å². The topological polar surface area (TPSA) is 50.7 Å². The second-order valence-electron chi connectivity index (χ2n) is 4.94. The number of methoxy groups -OCH3 is 1. The molecule has 1 aromatic rings. The number of aliphatic hydroxyl groups excluding tert-OH is 1. The Morgan fingerprint density at radius 3 is 3.05 bits per heavy atom. The molecule has 19 heavy (non-hydrogen) atoms. The van der Waals surface area contributed by atoms with E-state index < -0.39 is 6.10 Å². The summed E-state index contributed by atoms with van der Waals surface area (Å²) in [6.07, 6.45) is 1.52. The molecule has 0 bridgehead atoms. The van der Waals surface area contributed by atoms with Crippen molar-refractivity contribution in [2.75, 3.05) is 26.9 Å². The lowest BCUT2D eigenvalue weighted by molar-refractivity contribution is 0.0626. The van der Waals surface area contributed by atoms with Gasteiger partial charge < -0.3 is 19.9 Å². The van der Waals surface area contributed by atoms with Gasteiger partial charge in [-0.15, -0.1) is 0 Å². The lowest BCUT2D eigenvalue weighted by atomic mass is 10.0. The third kappa shape index (κ3) is 3.69. The fourth-order valence-corrected chi connectivity index (χ4v) is 2.45. The Balaban J connectivity index is 1.97. The van der Waals surface area contributed by atoms with E-state index in [-0.39, 0.29) is 6.04 Å². The Morgan fingerprint density at radius 2 is 2.32 bits per heavy atom. The molecule has 0 radical (unpaired) electrons. The number of hydrogen-bond acceptors (Lipinski definition) is 4. The summed E-state index contributed by atoms with van der Waals surface area (Å²) in [4.78, 5) is 0. The first-order chi connectivity index (χ1) is 9.24. The number of rotatable bonds is 7. The number of aliphatic hydroxyl groups is 1. The first kappa shape index (κ1) is 14.3. The predicted octanol–water partition coefficient (Wildman–Crippen LogP) is 1.67. The maximum Gasteiger partial charge on any atom is 0.122 e. The van der Waals surface area contributed by atoms with Crippen LogP contribution in [0.2, 0.25) is 0 Å². The molecule has 1 aliphatic heterocycles. The fraction of sp³-hybridized carbons (Fsp3) is 0.600. The minimum atomic E-state index is -0.461. The van der Waals surface area contributed by atoms with Crippen molar-refractivity contribution in [3.05, 3.63) is 29.3 Å². The minimum Gasteiger partial charge on any atom is -0.493 e. The molecular weight excluding hydrogens is 242 g/mol. The zero-order valence-electron chi connectivity index (χ0n) is 11.7. The van der Waals surface area contributed by atoms with Gasteiger partial charge in [-0.2, -0.15) is 0 Å². The van der Waals surface area contributed by atoms with E-state index in [1.807, 2.05) is 6.07 Å². The van der Waals surface area contributed by atoms with Gasteiger partial charge in [0.25, 0.3) is 0 Å². The zero-order chi connectivity index (χ0) is 13.7. The molecule has 1 heterocycles. The van der Waals surface area contributed by atoms with Crippen LogP contribution in [0.1, 0.15) is 30.5 Å². The van der Waals surface area contributed by atoms with Crippen molar-refractivity contribution in [3.63, 3.8) is 0 Å². The summed E-state index contributed by atoms with van der Waals surface area (Å²) in [6.45, 7) is 3.83. The molecule has 4 nitrogen and oxygen atoms in total. The first-order valence-electron chi connectivity index (χ1n) is 6.90. The molecule has 4 heteroatoms. The fourth-order valence-electron chi connectivity index (χ4n) is 2.45. The highest BCUT2D eigenvalue weighted by atomic mass is 16.5. The SMILES string of the molecule is CCC(NCC(O)COC)c1ccc2c(c1)CCO2. The van der Waals surface area contributed by atoms with E-state index in [0.717, 1.165) is 25.2 Å². The second-order valence-corrected chi connectivity index (χ2v) is 4.94. The Hall–Kier alpha value is -1.10. The first-order valence-corrected chi connectivity index (χ1v) is 6.90. The van der Waals surface area contributed by atoms with Gasteiger partial charge in [0.2, 0.25) is 0 Å². The van der Waals surface area contributed by atoms with Gasteiger partial charge in [0.15, 0.2) is 0 Å².